The van der Waals surface area contributed by atoms with Gasteiger partial charge in [0.1, 0.15) is 11.5 Å². The molecule has 2 N–H and O–H groups in total. The Balaban J connectivity index is 1.83. The minimum absolute atomic E-state index is 0.469. The first-order valence-electron chi connectivity index (χ1n) is 8.52. The summed E-state index contributed by atoms with van der Waals surface area (Å²) in [7, 11) is 0. The molecule has 0 saturated heterocycles. The summed E-state index contributed by atoms with van der Waals surface area (Å²) < 4.78 is 11.2. The van der Waals surface area contributed by atoms with E-state index in [4.69, 9.17) is 21.1 Å². The number of hydrogen-bond acceptors (Lipinski definition) is 4. The number of benzene rings is 2. The average Bonchev–Trinajstić information content (AvgIpc) is 2.64. The lowest BCUT2D eigenvalue weighted by Crippen LogP contribution is -2.50. The maximum absolute atomic E-state index is 12.2. The van der Waals surface area contributed by atoms with E-state index in [-0.39, 0.29) is 0 Å². The fourth-order valence-corrected chi connectivity index (χ4v) is 2.32. The molecule has 2 amide bonds. The van der Waals surface area contributed by atoms with Crippen LogP contribution in [0, 0.1) is 13.8 Å². The van der Waals surface area contributed by atoms with Gasteiger partial charge in [-0.2, -0.15) is 0 Å². The fourth-order valence-electron chi connectivity index (χ4n) is 2.19. The maximum Gasteiger partial charge on any atom is 0.279 e. The predicted octanol–water partition coefficient (Wildman–Crippen LogP) is 3.34. The zero-order valence-corrected chi connectivity index (χ0v) is 16.5. The normalized spacial score (nSPS) is 12.6. The molecular formula is C20H23ClN2O4. The van der Waals surface area contributed by atoms with E-state index in [1.165, 1.54) is 0 Å². The van der Waals surface area contributed by atoms with Gasteiger partial charge in [0.25, 0.3) is 11.8 Å². The van der Waals surface area contributed by atoms with Crippen LogP contribution in [-0.4, -0.2) is 24.0 Å². The highest BCUT2D eigenvalue weighted by molar-refractivity contribution is 6.30. The van der Waals surface area contributed by atoms with Crippen LogP contribution in [0.2, 0.25) is 5.02 Å². The molecule has 6 nitrogen and oxygen atoms in total. The first-order valence-corrected chi connectivity index (χ1v) is 8.90. The third-order valence-electron chi connectivity index (χ3n) is 4.03. The summed E-state index contributed by atoms with van der Waals surface area (Å²) in [6.07, 6.45) is -1.58. The maximum atomic E-state index is 12.2. The summed E-state index contributed by atoms with van der Waals surface area (Å²) in [5.41, 5.74) is 6.72. The molecule has 0 aliphatic heterocycles. The van der Waals surface area contributed by atoms with Gasteiger partial charge in [-0.05, 0) is 69.2 Å². The molecule has 0 aliphatic carbocycles. The van der Waals surface area contributed by atoms with Crippen LogP contribution in [0.1, 0.15) is 25.0 Å². The molecular weight excluding hydrogens is 368 g/mol. The Labute approximate surface area is 163 Å². The number of carbonyl (C=O) groups is 2. The molecule has 0 radical (unpaired) electrons. The van der Waals surface area contributed by atoms with Crippen LogP contribution in [0.25, 0.3) is 0 Å². The van der Waals surface area contributed by atoms with E-state index in [9.17, 15) is 9.59 Å². The van der Waals surface area contributed by atoms with Crippen molar-refractivity contribution in [2.75, 3.05) is 0 Å². The van der Waals surface area contributed by atoms with Gasteiger partial charge in [-0.25, -0.2) is 0 Å². The summed E-state index contributed by atoms with van der Waals surface area (Å²) in [6, 6.07) is 12.3. The van der Waals surface area contributed by atoms with Crippen molar-refractivity contribution in [3.8, 4) is 11.5 Å². The van der Waals surface area contributed by atoms with Crippen LogP contribution in [0.5, 0.6) is 11.5 Å². The van der Waals surface area contributed by atoms with Gasteiger partial charge in [-0.15, -0.1) is 0 Å². The summed E-state index contributed by atoms with van der Waals surface area (Å²) in [4.78, 5) is 24.2. The van der Waals surface area contributed by atoms with E-state index in [1.807, 2.05) is 26.0 Å². The average molecular weight is 391 g/mol. The first-order chi connectivity index (χ1) is 12.8. The van der Waals surface area contributed by atoms with E-state index < -0.39 is 24.0 Å². The van der Waals surface area contributed by atoms with Gasteiger partial charge in [-0.3, -0.25) is 20.4 Å². The molecule has 0 saturated carbocycles. The molecule has 144 valence electrons. The Morgan fingerprint density at radius 1 is 0.889 bits per heavy atom. The van der Waals surface area contributed by atoms with Crippen molar-refractivity contribution in [3.63, 3.8) is 0 Å². The number of nitrogens with one attached hydrogen (secondary N) is 2. The highest BCUT2D eigenvalue weighted by atomic mass is 35.5. The number of hydrazine groups is 1. The SMILES string of the molecule is Cc1cccc(O[C@H](C)C(=O)NNC(=O)[C@H](C)Oc2ccc(Cl)cc2)c1C. The zero-order valence-electron chi connectivity index (χ0n) is 15.7. The second-order valence-corrected chi connectivity index (χ2v) is 6.59. The molecule has 0 bridgehead atoms. The molecule has 0 fully saturated rings. The number of aryl methyl sites for hydroxylation is 1. The molecule has 2 rings (SSSR count). The number of halogens is 1. The third-order valence-corrected chi connectivity index (χ3v) is 4.28. The molecule has 0 aliphatic rings. The van der Waals surface area contributed by atoms with Gasteiger partial charge < -0.3 is 9.47 Å². The number of hydrogen-bond donors (Lipinski definition) is 2. The molecule has 0 heterocycles. The number of carbonyl (C=O) groups excluding carboxylic acids is 2. The van der Waals surface area contributed by atoms with E-state index in [2.05, 4.69) is 10.9 Å². The standard InChI is InChI=1S/C20H23ClN2O4/c1-12-6-5-7-18(13(12)2)27-15(4)20(25)23-22-19(24)14(3)26-17-10-8-16(21)9-11-17/h5-11,14-15H,1-4H3,(H,22,24)(H,23,25)/t14-,15+/m0/s1. The number of rotatable bonds is 6. The molecule has 0 spiro atoms. The van der Waals surface area contributed by atoms with Gasteiger partial charge in [0.05, 0.1) is 0 Å². The quantitative estimate of drug-likeness (QED) is 0.741. The van der Waals surface area contributed by atoms with Gasteiger partial charge in [0.15, 0.2) is 12.2 Å². The molecule has 2 aromatic carbocycles. The molecule has 0 aromatic heterocycles. The van der Waals surface area contributed by atoms with Crippen molar-refractivity contribution in [2.45, 2.75) is 39.9 Å². The van der Waals surface area contributed by atoms with Crippen molar-refractivity contribution in [3.05, 3.63) is 58.6 Å². The summed E-state index contributed by atoms with van der Waals surface area (Å²) in [6.45, 7) is 7.07. The number of ether oxygens (including phenoxy) is 2. The van der Waals surface area contributed by atoms with Crippen LogP contribution < -0.4 is 20.3 Å². The topological polar surface area (TPSA) is 76.7 Å². The minimum Gasteiger partial charge on any atom is -0.481 e. The smallest absolute Gasteiger partial charge is 0.279 e. The third kappa shape index (κ3) is 5.89. The summed E-state index contributed by atoms with van der Waals surface area (Å²) in [5, 5.41) is 0.574. The van der Waals surface area contributed by atoms with Crippen molar-refractivity contribution in [1.29, 1.82) is 0 Å². The Bertz CT molecular complexity index is 808. The van der Waals surface area contributed by atoms with Crippen LogP contribution in [-0.2, 0) is 9.59 Å². The molecule has 0 unspecified atom stereocenters. The Morgan fingerprint density at radius 2 is 1.44 bits per heavy atom. The van der Waals surface area contributed by atoms with E-state index in [1.54, 1.807) is 44.2 Å². The second kappa shape index (κ2) is 9.28. The van der Waals surface area contributed by atoms with Crippen molar-refractivity contribution >= 4 is 23.4 Å². The van der Waals surface area contributed by atoms with Crippen molar-refractivity contribution in [1.82, 2.24) is 10.9 Å². The minimum atomic E-state index is -0.804. The number of amides is 2. The molecule has 2 aromatic rings. The van der Waals surface area contributed by atoms with Crippen molar-refractivity contribution in [2.24, 2.45) is 0 Å². The van der Waals surface area contributed by atoms with Crippen LogP contribution in [0.15, 0.2) is 42.5 Å². The van der Waals surface area contributed by atoms with Gasteiger partial charge in [0, 0.05) is 5.02 Å². The molecule has 2 atom stereocenters. The van der Waals surface area contributed by atoms with Crippen LogP contribution in [0.4, 0.5) is 0 Å². The first kappa shape index (κ1) is 20.6. The second-order valence-electron chi connectivity index (χ2n) is 6.15. The van der Waals surface area contributed by atoms with Crippen molar-refractivity contribution < 1.29 is 19.1 Å². The van der Waals surface area contributed by atoms with Crippen LogP contribution in [0.3, 0.4) is 0 Å². The Hall–Kier alpha value is -2.73. The van der Waals surface area contributed by atoms with Gasteiger partial charge in [-0.1, -0.05) is 23.7 Å². The lowest BCUT2D eigenvalue weighted by Gasteiger charge is -2.19. The lowest BCUT2D eigenvalue weighted by atomic mass is 10.1. The Morgan fingerprint density at radius 3 is 2.04 bits per heavy atom. The highest BCUT2D eigenvalue weighted by Gasteiger charge is 2.19. The van der Waals surface area contributed by atoms with Crippen LogP contribution >= 0.6 is 11.6 Å². The van der Waals surface area contributed by atoms with E-state index >= 15 is 0 Å². The highest BCUT2D eigenvalue weighted by Crippen LogP contribution is 2.21. The Kier molecular flexibility index (Phi) is 7.07. The monoisotopic (exact) mass is 390 g/mol. The van der Waals surface area contributed by atoms with E-state index in [0.29, 0.717) is 16.5 Å². The summed E-state index contributed by atoms with van der Waals surface area (Å²) in [5.74, 6) is 0.170. The van der Waals surface area contributed by atoms with Gasteiger partial charge >= 0.3 is 0 Å². The predicted molar refractivity (Wildman–Crippen MR) is 104 cm³/mol. The lowest BCUT2D eigenvalue weighted by molar-refractivity contribution is -0.135. The molecule has 27 heavy (non-hydrogen) atoms. The van der Waals surface area contributed by atoms with E-state index in [0.717, 1.165) is 11.1 Å². The molecule has 7 heteroatoms. The fraction of sp³-hybridized carbons (Fsp3) is 0.300. The zero-order chi connectivity index (χ0) is 20.0. The summed E-state index contributed by atoms with van der Waals surface area (Å²) >= 11 is 5.81. The van der Waals surface area contributed by atoms with Gasteiger partial charge in [0.2, 0.25) is 0 Å². The largest absolute Gasteiger partial charge is 0.481 e.